The third-order valence-corrected chi connectivity index (χ3v) is 2.29. The van der Waals surface area contributed by atoms with Crippen LogP contribution in [0.1, 0.15) is 20.8 Å². The van der Waals surface area contributed by atoms with Crippen LogP contribution in [0, 0.1) is 0 Å². The van der Waals surface area contributed by atoms with Crippen molar-refractivity contribution in [1.29, 1.82) is 0 Å². The molecule has 0 aliphatic rings. The summed E-state index contributed by atoms with van der Waals surface area (Å²) in [5, 5.41) is 5.10. The molecule has 0 bridgehead atoms. The van der Waals surface area contributed by atoms with Crippen molar-refractivity contribution in [2.24, 2.45) is 0 Å². The lowest BCUT2D eigenvalue weighted by atomic mass is 10.3. The van der Waals surface area contributed by atoms with Gasteiger partial charge in [0.1, 0.15) is 6.04 Å². The van der Waals surface area contributed by atoms with E-state index in [1.165, 1.54) is 0 Å². The van der Waals surface area contributed by atoms with Gasteiger partial charge >= 0.3 is 0 Å². The van der Waals surface area contributed by atoms with Gasteiger partial charge in [-0.1, -0.05) is 0 Å². The molecule has 2 N–H and O–H groups in total. The van der Waals surface area contributed by atoms with E-state index in [0.29, 0.717) is 12.6 Å². The molecule has 0 rings (SSSR count). The van der Waals surface area contributed by atoms with Gasteiger partial charge in [-0.2, -0.15) is 0 Å². The van der Waals surface area contributed by atoms with Crippen molar-refractivity contribution in [3.05, 3.63) is 0 Å². The van der Waals surface area contributed by atoms with E-state index in [1.54, 1.807) is 14.0 Å². The third-order valence-electron chi connectivity index (χ3n) is 2.29. The molecule has 2 amide bonds. The van der Waals surface area contributed by atoms with Gasteiger partial charge < -0.3 is 10.6 Å². The van der Waals surface area contributed by atoms with Crippen molar-refractivity contribution >= 4 is 11.8 Å². The Hall–Kier alpha value is -1.10. The Morgan fingerprint density at radius 1 is 1.27 bits per heavy atom. The number of nitrogens with one attached hydrogen (secondary N) is 2. The minimum absolute atomic E-state index is 0.137. The van der Waals surface area contributed by atoms with Gasteiger partial charge in [-0.05, 0) is 27.8 Å². The van der Waals surface area contributed by atoms with E-state index in [0.717, 1.165) is 0 Å². The highest BCUT2D eigenvalue weighted by Crippen LogP contribution is 1.92. The number of carbonyl (C=O) groups is 2. The summed E-state index contributed by atoms with van der Waals surface area (Å²) in [5.74, 6) is -0.321. The normalized spacial score (nSPS) is 12.7. The van der Waals surface area contributed by atoms with Crippen LogP contribution in [0.25, 0.3) is 0 Å². The third kappa shape index (κ3) is 5.37. The quantitative estimate of drug-likeness (QED) is 0.654. The van der Waals surface area contributed by atoms with Crippen molar-refractivity contribution in [2.75, 3.05) is 20.6 Å². The van der Waals surface area contributed by atoms with Crippen molar-refractivity contribution in [3.8, 4) is 0 Å². The predicted molar refractivity (Wildman–Crippen MR) is 59.4 cm³/mol. The van der Waals surface area contributed by atoms with E-state index in [9.17, 15) is 9.59 Å². The first-order chi connectivity index (χ1) is 6.88. The van der Waals surface area contributed by atoms with Gasteiger partial charge in [-0.15, -0.1) is 0 Å². The smallest absolute Gasteiger partial charge is 0.242 e. The second-order valence-electron chi connectivity index (χ2n) is 3.91. The highest BCUT2D eigenvalue weighted by atomic mass is 16.2. The molecule has 0 fully saturated rings. The maximum atomic E-state index is 11.5. The Bertz CT molecular complexity index is 229. The molecule has 5 heteroatoms. The molecular weight excluding hydrogens is 194 g/mol. The summed E-state index contributed by atoms with van der Waals surface area (Å²) in [6.45, 7) is 5.98. The van der Waals surface area contributed by atoms with Crippen LogP contribution in [-0.4, -0.2) is 49.4 Å². The summed E-state index contributed by atoms with van der Waals surface area (Å²) in [4.78, 5) is 24.5. The van der Waals surface area contributed by atoms with Crippen LogP contribution in [0.2, 0.25) is 0 Å². The van der Waals surface area contributed by atoms with Crippen molar-refractivity contribution in [2.45, 2.75) is 32.9 Å². The van der Waals surface area contributed by atoms with Gasteiger partial charge in [0.2, 0.25) is 11.8 Å². The Morgan fingerprint density at radius 3 is 2.20 bits per heavy atom. The monoisotopic (exact) mass is 215 g/mol. The summed E-state index contributed by atoms with van der Waals surface area (Å²) in [7, 11) is 3.42. The van der Waals surface area contributed by atoms with Gasteiger partial charge in [0.15, 0.2) is 0 Å². The number of likely N-dealkylation sites (N-methyl/N-ethyl adjacent to an activating group) is 2. The van der Waals surface area contributed by atoms with Crippen LogP contribution >= 0.6 is 0 Å². The van der Waals surface area contributed by atoms with Gasteiger partial charge in [0, 0.05) is 13.1 Å². The number of amides is 2. The predicted octanol–water partition coefficient (Wildman–Crippen LogP) is -0.423. The van der Waals surface area contributed by atoms with E-state index in [2.05, 4.69) is 10.6 Å². The van der Waals surface area contributed by atoms with Crippen molar-refractivity contribution < 1.29 is 9.59 Å². The van der Waals surface area contributed by atoms with E-state index in [1.807, 2.05) is 25.8 Å². The SMILES string of the molecule is CNC(=O)[C@H](C)NC(=O)CN(C)C(C)C. The molecule has 88 valence electrons. The lowest BCUT2D eigenvalue weighted by molar-refractivity contribution is -0.128. The molecule has 1 atom stereocenters. The van der Waals surface area contributed by atoms with E-state index in [-0.39, 0.29) is 11.8 Å². The molecule has 0 spiro atoms. The van der Waals surface area contributed by atoms with E-state index < -0.39 is 6.04 Å². The fourth-order valence-corrected chi connectivity index (χ4v) is 0.978. The topological polar surface area (TPSA) is 61.4 Å². The maximum absolute atomic E-state index is 11.5. The zero-order valence-electron chi connectivity index (χ0n) is 10.1. The van der Waals surface area contributed by atoms with Crippen LogP contribution < -0.4 is 10.6 Å². The van der Waals surface area contributed by atoms with Crippen LogP contribution in [0.5, 0.6) is 0 Å². The summed E-state index contributed by atoms with van der Waals surface area (Å²) < 4.78 is 0. The summed E-state index contributed by atoms with van der Waals surface area (Å²) in [5.41, 5.74) is 0. The standard InChI is InChI=1S/C10H21N3O2/c1-7(2)13(5)6-9(14)12-8(3)10(15)11-4/h7-8H,6H2,1-5H3,(H,11,15)(H,12,14)/t8-/m0/s1. The molecule has 0 aromatic carbocycles. The molecule has 0 aromatic heterocycles. The summed E-state index contributed by atoms with van der Waals surface area (Å²) in [6, 6.07) is -0.172. The molecular formula is C10H21N3O2. The molecule has 0 unspecified atom stereocenters. The Balaban J connectivity index is 3.98. The summed E-state index contributed by atoms with van der Waals surface area (Å²) >= 11 is 0. The van der Waals surface area contributed by atoms with Gasteiger partial charge in [-0.25, -0.2) is 0 Å². The highest BCUT2D eigenvalue weighted by molar-refractivity contribution is 5.87. The average molecular weight is 215 g/mol. The summed E-state index contributed by atoms with van der Waals surface area (Å²) in [6.07, 6.45) is 0. The van der Waals surface area contributed by atoms with Crippen LogP contribution in [-0.2, 0) is 9.59 Å². The van der Waals surface area contributed by atoms with Crippen LogP contribution in [0.15, 0.2) is 0 Å². The molecule has 0 aliphatic carbocycles. The zero-order chi connectivity index (χ0) is 12.0. The number of rotatable bonds is 5. The van der Waals surface area contributed by atoms with Crippen LogP contribution in [0.3, 0.4) is 0 Å². The maximum Gasteiger partial charge on any atom is 0.242 e. The highest BCUT2D eigenvalue weighted by Gasteiger charge is 2.15. The molecule has 0 heterocycles. The first-order valence-electron chi connectivity index (χ1n) is 5.09. The molecule has 15 heavy (non-hydrogen) atoms. The number of carbonyl (C=O) groups excluding carboxylic acids is 2. The van der Waals surface area contributed by atoms with Gasteiger partial charge in [0.05, 0.1) is 6.54 Å². The second kappa shape index (κ2) is 6.40. The van der Waals surface area contributed by atoms with Crippen molar-refractivity contribution in [3.63, 3.8) is 0 Å². The largest absolute Gasteiger partial charge is 0.357 e. The number of nitrogens with zero attached hydrogens (tertiary/aromatic N) is 1. The lowest BCUT2D eigenvalue weighted by Crippen LogP contribution is -2.47. The van der Waals surface area contributed by atoms with Crippen LogP contribution in [0.4, 0.5) is 0 Å². The first kappa shape index (κ1) is 13.9. The van der Waals surface area contributed by atoms with E-state index in [4.69, 9.17) is 0 Å². The van der Waals surface area contributed by atoms with Gasteiger partial charge in [-0.3, -0.25) is 14.5 Å². The fourth-order valence-electron chi connectivity index (χ4n) is 0.978. The Morgan fingerprint density at radius 2 is 1.80 bits per heavy atom. The first-order valence-corrected chi connectivity index (χ1v) is 5.09. The zero-order valence-corrected chi connectivity index (χ0v) is 10.1. The molecule has 0 saturated heterocycles. The average Bonchev–Trinajstić information content (AvgIpc) is 2.15. The van der Waals surface area contributed by atoms with Crippen molar-refractivity contribution in [1.82, 2.24) is 15.5 Å². The van der Waals surface area contributed by atoms with Gasteiger partial charge in [0.25, 0.3) is 0 Å². The lowest BCUT2D eigenvalue weighted by Gasteiger charge is -2.21. The van der Waals surface area contributed by atoms with E-state index >= 15 is 0 Å². The number of hydrogen-bond acceptors (Lipinski definition) is 3. The molecule has 5 nitrogen and oxygen atoms in total. The minimum atomic E-state index is -0.483. The Kier molecular flexibility index (Phi) is 5.93. The molecule has 0 aliphatic heterocycles. The molecule has 0 aromatic rings. The Labute approximate surface area is 91.2 Å². The number of hydrogen-bond donors (Lipinski definition) is 2. The fraction of sp³-hybridized carbons (Fsp3) is 0.800. The second-order valence-corrected chi connectivity index (χ2v) is 3.91. The molecule has 0 saturated carbocycles. The molecule has 0 radical (unpaired) electrons. The minimum Gasteiger partial charge on any atom is -0.357 e.